The number of methoxy groups -OCH3 is 1. The summed E-state index contributed by atoms with van der Waals surface area (Å²) in [5.41, 5.74) is 4.21. The zero-order chi connectivity index (χ0) is 21.8. The van der Waals surface area contributed by atoms with Crippen LogP contribution in [0.2, 0.25) is 0 Å². The second-order valence-electron chi connectivity index (χ2n) is 6.81. The molecule has 3 aromatic rings. The van der Waals surface area contributed by atoms with Crippen LogP contribution in [0.4, 0.5) is 5.69 Å². The second kappa shape index (κ2) is 9.01. The first kappa shape index (κ1) is 20.6. The fraction of sp³-hybridized carbons (Fsp3) is 0.174. The lowest BCUT2D eigenvalue weighted by Gasteiger charge is -2.18. The van der Waals surface area contributed by atoms with Crippen molar-refractivity contribution < 1.29 is 14.3 Å². The van der Waals surface area contributed by atoms with Crippen molar-refractivity contribution in [3.63, 3.8) is 0 Å². The summed E-state index contributed by atoms with van der Waals surface area (Å²) in [6.07, 6.45) is 1.75. The summed E-state index contributed by atoms with van der Waals surface area (Å²) in [6, 6.07) is 13.4. The SMILES string of the molecule is C=CCN=c1scc(-c2ccc3c(c2)NC(=O)CO3)n1N=C(C)c1ccc(OC)cc1. The summed E-state index contributed by atoms with van der Waals surface area (Å²) in [6.45, 7) is 6.22. The number of anilines is 1. The number of aromatic nitrogens is 1. The molecule has 0 bridgehead atoms. The standard InChI is InChI=1S/C23H22N4O3S/c1-4-11-24-23-27(26-15(2)16-5-8-18(29-3)9-6-16)20(14-31-23)17-7-10-21-19(12-17)25-22(28)13-30-21/h4-10,12,14H,1,11,13H2,2-3H3,(H,25,28). The highest BCUT2D eigenvalue weighted by Crippen LogP contribution is 2.33. The zero-order valence-electron chi connectivity index (χ0n) is 17.3. The predicted molar refractivity (Wildman–Crippen MR) is 123 cm³/mol. The summed E-state index contributed by atoms with van der Waals surface area (Å²) in [4.78, 5) is 17.1. The van der Waals surface area contributed by atoms with E-state index >= 15 is 0 Å². The van der Waals surface area contributed by atoms with Gasteiger partial charge in [-0.3, -0.25) is 9.79 Å². The number of thiazole rings is 1. The van der Waals surface area contributed by atoms with E-state index in [4.69, 9.17) is 14.6 Å². The van der Waals surface area contributed by atoms with Gasteiger partial charge in [0.1, 0.15) is 11.5 Å². The molecule has 0 spiro atoms. The van der Waals surface area contributed by atoms with Crippen molar-refractivity contribution in [2.45, 2.75) is 6.92 Å². The van der Waals surface area contributed by atoms with Gasteiger partial charge in [-0.2, -0.15) is 5.10 Å². The topological polar surface area (TPSA) is 77.2 Å². The lowest BCUT2D eigenvalue weighted by Crippen LogP contribution is -2.25. The maximum Gasteiger partial charge on any atom is 0.262 e. The van der Waals surface area contributed by atoms with Gasteiger partial charge in [0, 0.05) is 10.9 Å². The largest absolute Gasteiger partial charge is 0.497 e. The molecule has 1 amide bonds. The smallest absolute Gasteiger partial charge is 0.262 e. The Morgan fingerprint density at radius 1 is 1.32 bits per heavy atom. The Balaban J connectivity index is 1.79. The molecule has 31 heavy (non-hydrogen) atoms. The molecule has 0 fully saturated rings. The Hall–Kier alpha value is -3.65. The van der Waals surface area contributed by atoms with Crippen molar-refractivity contribution in [3.05, 3.63) is 70.9 Å². The quantitative estimate of drug-likeness (QED) is 0.472. The molecule has 0 saturated carbocycles. The number of benzene rings is 2. The molecule has 0 atom stereocenters. The number of ether oxygens (including phenoxy) is 2. The molecule has 4 rings (SSSR count). The van der Waals surface area contributed by atoms with E-state index in [1.807, 2.05) is 59.4 Å². The van der Waals surface area contributed by atoms with Crippen LogP contribution in [0, 0.1) is 0 Å². The van der Waals surface area contributed by atoms with Gasteiger partial charge in [0.2, 0.25) is 4.80 Å². The van der Waals surface area contributed by atoms with Crippen LogP contribution in [0.1, 0.15) is 12.5 Å². The highest BCUT2D eigenvalue weighted by atomic mass is 32.1. The fourth-order valence-electron chi connectivity index (χ4n) is 3.13. The Morgan fingerprint density at radius 2 is 2.13 bits per heavy atom. The van der Waals surface area contributed by atoms with E-state index in [-0.39, 0.29) is 12.5 Å². The van der Waals surface area contributed by atoms with Gasteiger partial charge in [0.25, 0.3) is 5.91 Å². The molecule has 1 N–H and O–H groups in total. The van der Waals surface area contributed by atoms with Crippen LogP contribution < -0.4 is 19.6 Å². The van der Waals surface area contributed by atoms with Gasteiger partial charge in [-0.05, 0) is 55.0 Å². The molecule has 0 aliphatic carbocycles. The van der Waals surface area contributed by atoms with Gasteiger partial charge in [-0.25, -0.2) is 4.68 Å². The van der Waals surface area contributed by atoms with Gasteiger partial charge >= 0.3 is 0 Å². The Morgan fingerprint density at radius 3 is 2.87 bits per heavy atom. The number of fused-ring (bicyclic) bond motifs is 1. The molecule has 8 heteroatoms. The number of nitrogens with zero attached hydrogens (tertiary/aromatic N) is 3. The van der Waals surface area contributed by atoms with E-state index in [0.29, 0.717) is 18.0 Å². The molecule has 7 nitrogen and oxygen atoms in total. The molecule has 0 radical (unpaired) electrons. The molecule has 2 heterocycles. The molecule has 2 aromatic carbocycles. The lowest BCUT2D eigenvalue weighted by atomic mass is 10.1. The van der Waals surface area contributed by atoms with Crippen molar-refractivity contribution >= 4 is 28.6 Å². The maximum absolute atomic E-state index is 11.7. The molecule has 1 aromatic heterocycles. The summed E-state index contributed by atoms with van der Waals surface area (Å²) < 4.78 is 12.5. The summed E-state index contributed by atoms with van der Waals surface area (Å²) >= 11 is 1.49. The monoisotopic (exact) mass is 434 g/mol. The van der Waals surface area contributed by atoms with E-state index in [0.717, 1.165) is 33.1 Å². The number of nitrogens with one attached hydrogen (secondary N) is 1. The highest BCUT2D eigenvalue weighted by molar-refractivity contribution is 7.07. The van der Waals surface area contributed by atoms with Crippen LogP contribution in [0.25, 0.3) is 11.3 Å². The average Bonchev–Trinajstić information content (AvgIpc) is 3.19. The molecular formula is C23H22N4O3S. The summed E-state index contributed by atoms with van der Waals surface area (Å²) in [5.74, 6) is 1.28. The molecule has 158 valence electrons. The second-order valence-corrected chi connectivity index (χ2v) is 7.64. The number of hydrogen-bond donors (Lipinski definition) is 1. The molecule has 0 unspecified atom stereocenters. The minimum atomic E-state index is -0.169. The number of amides is 1. The third-order valence-corrected chi connectivity index (χ3v) is 5.56. The summed E-state index contributed by atoms with van der Waals surface area (Å²) in [5, 5.41) is 9.71. The lowest BCUT2D eigenvalue weighted by molar-refractivity contribution is -0.118. The van der Waals surface area contributed by atoms with Crippen LogP contribution in [0.3, 0.4) is 0 Å². The predicted octanol–water partition coefficient (Wildman–Crippen LogP) is 3.92. The van der Waals surface area contributed by atoms with Crippen LogP contribution in [0.15, 0.2) is 70.6 Å². The van der Waals surface area contributed by atoms with Crippen molar-refractivity contribution in [2.24, 2.45) is 10.1 Å². The van der Waals surface area contributed by atoms with Gasteiger partial charge < -0.3 is 14.8 Å². The normalized spacial score (nSPS) is 13.9. The molecular weight excluding hydrogens is 412 g/mol. The molecule has 0 saturated heterocycles. The first-order chi connectivity index (χ1) is 15.1. The molecule has 1 aliphatic rings. The Labute approximate surface area is 184 Å². The van der Waals surface area contributed by atoms with Gasteiger partial charge in [0.15, 0.2) is 6.61 Å². The van der Waals surface area contributed by atoms with Crippen LogP contribution in [-0.4, -0.2) is 36.6 Å². The minimum Gasteiger partial charge on any atom is -0.497 e. The van der Waals surface area contributed by atoms with Gasteiger partial charge in [-0.1, -0.05) is 6.08 Å². The first-order valence-corrected chi connectivity index (χ1v) is 10.6. The number of rotatable bonds is 6. The van der Waals surface area contributed by atoms with Gasteiger partial charge in [-0.15, -0.1) is 17.9 Å². The number of hydrogen-bond acceptors (Lipinski definition) is 6. The minimum absolute atomic E-state index is 0.0285. The van der Waals surface area contributed by atoms with E-state index in [2.05, 4.69) is 16.9 Å². The van der Waals surface area contributed by atoms with Crippen molar-refractivity contribution in [2.75, 3.05) is 25.6 Å². The zero-order valence-corrected chi connectivity index (χ0v) is 18.1. The third-order valence-electron chi connectivity index (χ3n) is 4.71. The van der Waals surface area contributed by atoms with Crippen LogP contribution >= 0.6 is 11.3 Å². The first-order valence-electron chi connectivity index (χ1n) is 9.68. The summed E-state index contributed by atoms with van der Waals surface area (Å²) in [7, 11) is 1.64. The van der Waals surface area contributed by atoms with E-state index in [1.165, 1.54) is 11.3 Å². The van der Waals surface area contributed by atoms with E-state index in [9.17, 15) is 4.79 Å². The third kappa shape index (κ3) is 4.44. The van der Waals surface area contributed by atoms with Crippen molar-refractivity contribution in [1.82, 2.24) is 4.68 Å². The fourth-order valence-corrected chi connectivity index (χ4v) is 3.97. The van der Waals surface area contributed by atoms with Crippen LogP contribution in [0.5, 0.6) is 11.5 Å². The number of carbonyl (C=O) groups excluding carboxylic acids is 1. The Kier molecular flexibility index (Phi) is 5.99. The van der Waals surface area contributed by atoms with Gasteiger partial charge in [0.05, 0.1) is 30.7 Å². The van der Waals surface area contributed by atoms with Crippen molar-refractivity contribution in [3.8, 4) is 22.8 Å². The highest BCUT2D eigenvalue weighted by Gasteiger charge is 2.18. The number of carbonyl (C=O) groups is 1. The van der Waals surface area contributed by atoms with E-state index < -0.39 is 0 Å². The van der Waals surface area contributed by atoms with E-state index in [1.54, 1.807) is 13.2 Å². The van der Waals surface area contributed by atoms with Crippen LogP contribution in [-0.2, 0) is 4.79 Å². The Bertz CT molecular complexity index is 1220. The van der Waals surface area contributed by atoms with Crippen molar-refractivity contribution in [1.29, 1.82) is 0 Å². The maximum atomic E-state index is 11.7. The average molecular weight is 435 g/mol. The molecule has 1 aliphatic heterocycles.